The predicted molar refractivity (Wildman–Crippen MR) is 78.8 cm³/mol. The molecule has 122 valence electrons. The van der Waals surface area contributed by atoms with Gasteiger partial charge in [-0.15, -0.1) is 0 Å². The van der Waals surface area contributed by atoms with Gasteiger partial charge in [0.05, 0.1) is 24.2 Å². The number of methoxy groups -OCH3 is 1. The lowest BCUT2D eigenvalue weighted by Gasteiger charge is -2.07. The van der Waals surface area contributed by atoms with Gasteiger partial charge in [-0.05, 0) is 37.6 Å². The van der Waals surface area contributed by atoms with Crippen LogP contribution >= 0.6 is 0 Å². The Balaban J connectivity index is 2.62. The molecule has 8 heteroatoms. The minimum absolute atomic E-state index is 0.0404. The number of nitrogens with one attached hydrogen (secondary N) is 1. The van der Waals surface area contributed by atoms with Gasteiger partial charge in [-0.25, -0.2) is 17.9 Å². The number of esters is 2. The fraction of sp³-hybridized carbons (Fsp3) is 0.429. The van der Waals surface area contributed by atoms with Crippen molar-refractivity contribution in [3.05, 3.63) is 29.8 Å². The number of carbonyl (C=O) groups excluding carboxylic acids is 2. The van der Waals surface area contributed by atoms with E-state index >= 15 is 0 Å². The molecule has 0 saturated carbocycles. The van der Waals surface area contributed by atoms with Crippen LogP contribution in [0.2, 0.25) is 0 Å². The second kappa shape index (κ2) is 8.50. The Bertz CT molecular complexity index is 609. The van der Waals surface area contributed by atoms with Crippen molar-refractivity contribution >= 4 is 22.0 Å². The minimum atomic E-state index is -3.67. The zero-order valence-electron chi connectivity index (χ0n) is 12.5. The fourth-order valence-electron chi connectivity index (χ4n) is 1.61. The molecule has 0 atom stereocenters. The predicted octanol–water partition coefficient (Wildman–Crippen LogP) is 1.09. The monoisotopic (exact) mass is 329 g/mol. The lowest BCUT2D eigenvalue weighted by Crippen LogP contribution is -2.25. The first-order chi connectivity index (χ1) is 10.4. The zero-order chi connectivity index (χ0) is 16.6. The average Bonchev–Trinajstić information content (AvgIpc) is 2.51. The van der Waals surface area contributed by atoms with Crippen LogP contribution in [-0.2, 0) is 24.3 Å². The second-order valence-corrected chi connectivity index (χ2v) is 6.09. The van der Waals surface area contributed by atoms with Gasteiger partial charge in [0.2, 0.25) is 10.0 Å². The summed E-state index contributed by atoms with van der Waals surface area (Å²) in [6.45, 7) is 2.06. The molecule has 0 unspecified atom stereocenters. The molecule has 1 rings (SSSR count). The molecule has 0 radical (unpaired) electrons. The number of hydrogen-bond acceptors (Lipinski definition) is 6. The van der Waals surface area contributed by atoms with Crippen molar-refractivity contribution in [2.45, 2.75) is 24.7 Å². The van der Waals surface area contributed by atoms with E-state index in [1.54, 1.807) is 6.92 Å². The molecular weight excluding hydrogens is 310 g/mol. The largest absolute Gasteiger partial charge is 0.469 e. The van der Waals surface area contributed by atoms with Crippen LogP contribution in [0.3, 0.4) is 0 Å². The first-order valence-electron chi connectivity index (χ1n) is 6.74. The maximum absolute atomic E-state index is 12.0. The zero-order valence-corrected chi connectivity index (χ0v) is 13.3. The van der Waals surface area contributed by atoms with Crippen molar-refractivity contribution in [1.82, 2.24) is 4.72 Å². The third kappa shape index (κ3) is 5.45. The Labute approximate surface area is 129 Å². The van der Waals surface area contributed by atoms with Crippen molar-refractivity contribution in [2.24, 2.45) is 0 Å². The third-order valence-corrected chi connectivity index (χ3v) is 4.23. The molecule has 0 spiro atoms. The second-order valence-electron chi connectivity index (χ2n) is 4.32. The SMILES string of the molecule is CCOC(=O)c1ccc(S(=O)(=O)NCCCC(=O)OC)cc1. The summed E-state index contributed by atoms with van der Waals surface area (Å²) in [5, 5.41) is 0. The number of sulfonamides is 1. The van der Waals surface area contributed by atoms with E-state index in [9.17, 15) is 18.0 Å². The molecule has 0 aliphatic rings. The lowest BCUT2D eigenvalue weighted by molar-refractivity contribution is -0.140. The number of carbonyl (C=O) groups is 2. The Kier molecular flexibility index (Phi) is 7.00. The summed E-state index contributed by atoms with van der Waals surface area (Å²) in [6, 6.07) is 5.44. The van der Waals surface area contributed by atoms with E-state index in [0.717, 1.165) is 0 Å². The van der Waals surface area contributed by atoms with Crippen molar-refractivity contribution in [1.29, 1.82) is 0 Å². The molecule has 0 aromatic heterocycles. The van der Waals surface area contributed by atoms with Crippen molar-refractivity contribution in [3.63, 3.8) is 0 Å². The van der Waals surface area contributed by atoms with E-state index in [-0.39, 0.29) is 30.0 Å². The summed E-state index contributed by atoms with van der Waals surface area (Å²) in [6.07, 6.45) is 0.480. The molecule has 0 amide bonds. The first kappa shape index (κ1) is 18.1. The number of ether oxygens (including phenoxy) is 2. The van der Waals surface area contributed by atoms with E-state index in [0.29, 0.717) is 6.42 Å². The highest BCUT2D eigenvalue weighted by Crippen LogP contribution is 2.11. The highest BCUT2D eigenvalue weighted by molar-refractivity contribution is 7.89. The van der Waals surface area contributed by atoms with Gasteiger partial charge in [0, 0.05) is 13.0 Å². The van der Waals surface area contributed by atoms with Gasteiger partial charge in [-0.1, -0.05) is 0 Å². The van der Waals surface area contributed by atoms with Gasteiger partial charge in [-0.2, -0.15) is 0 Å². The summed E-state index contributed by atoms with van der Waals surface area (Å²) >= 11 is 0. The van der Waals surface area contributed by atoms with Crippen LogP contribution in [0.5, 0.6) is 0 Å². The van der Waals surface area contributed by atoms with Gasteiger partial charge in [0.15, 0.2) is 0 Å². The summed E-state index contributed by atoms with van der Waals surface area (Å²) in [4.78, 5) is 22.4. The van der Waals surface area contributed by atoms with Crippen molar-refractivity contribution in [2.75, 3.05) is 20.3 Å². The van der Waals surface area contributed by atoms with Gasteiger partial charge >= 0.3 is 11.9 Å². The Morgan fingerprint density at radius 3 is 2.36 bits per heavy atom. The van der Waals surface area contributed by atoms with Crippen LogP contribution in [0.25, 0.3) is 0 Å². The molecule has 0 aliphatic carbocycles. The van der Waals surface area contributed by atoms with E-state index in [1.165, 1.54) is 31.4 Å². The molecule has 0 saturated heterocycles. The Morgan fingerprint density at radius 1 is 1.18 bits per heavy atom. The van der Waals surface area contributed by atoms with Gasteiger partial charge in [0.1, 0.15) is 0 Å². The smallest absolute Gasteiger partial charge is 0.338 e. The lowest BCUT2D eigenvalue weighted by atomic mass is 10.2. The number of rotatable bonds is 8. The number of hydrogen-bond donors (Lipinski definition) is 1. The Hall–Kier alpha value is -1.93. The van der Waals surface area contributed by atoms with Gasteiger partial charge in [-0.3, -0.25) is 4.79 Å². The molecule has 0 aliphatic heterocycles. The van der Waals surface area contributed by atoms with Gasteiger partial charge < -0.3 is 9.47 Å². The molecule has 7 nitrogen and oxygen atoms in total. The Morgan fingerprint density at radius 2 is 1.82 bits per heavy atom. The highest BCUT2D eigenvalue weighted by Gasteiger charge is 2.15. The molecular formula is C14H19NO6S. The summed E-state index contributed by atoms with van der Waals surface area (Å²) in [5.74, 6) is -0.893. The molecule has 0 fully saturated rings. The van der Waals surface area contributed by atoms with E-state index < -0.39 is 22.0 Å². The quantitative estimate of drug-likeness (QED) is 0.566. The highest BCUT2D eigenvalue weighted by atomic mass is 32.2. The molecule has 1 aromatic rings. The summed E-state index contributed by atoms with van der Waals surface area (Å²) in [5.41, 5.74) is 0.284. The third-order valence-electron chi connectivity index (χ3n) is 2.75. The average molecular weight is 329 g/mol. The van der Waals surface area contributed by atoms with E-state index in [2.05, 4.69) is 9.46 Å². The summed E-state index contributed by atoms with van der Waals surface area (Å²) in [7, 11) is -2.40. The molecule has 1 N–H and O–H groups in total. The van der Waals surface area contributed by atoms with Crippen LogP contribution < -0.4 is 4.72 Å². The van der Waals surface area contributed by atoms with Crippen LogP contribution in [0.15, 0.2) is 29.2 Å². The van der Waals surface area contributed by atoms with Crippen LogP contribution in [0.1, 0.15) is 30.1 Å². The number of benzene rings is 1. The molecule has 1 aromatic carbocycles. The van der Waals surface area contributed by atoms with Crippen LogP contribution in [-0.4, -0.2) is 40.6 Å². The normalized spacial score (nSPS) is 11.0. The van der Waals surface area contributed by atoms with E-state index in [4.69, 9.17) is 4.74 Å². The summed E-state index contributed by atoms with van der Waals surface area (Å²) < 4.78 is 35.7. The maximum atomic E-state index is 12.0. The first-order valence-corrected chi connectivity index (χ1v) is 8.22. The van der Waals surface area contributed by atoms with Gasteiger partial charge in [0.25, 0.3) is 0 Å². The maximum Gasteiger partial charge on any atom is 0.338 e. The van der Waals surface area contributed by atoms with Crippen molar-refractivity contribution in [3.8, 4) is 0 Å². The molecule has 22 heavy (non-hydrogen) atoms. The minimum Gasteiger partial charge on any atom is -0.469 e. The topological polar surface area (TPSA) is 98.8 Å². The van der Waals surface area contributed by atoms with Crippen LogP contribution in [0, 0.1) is 0 Å². The molecule has 0 bridgehead atoms. The fourth-order valence-corrected chi connectivity index (χ4v) is 2.68. The van der Waals surface area contributed by atoms with Crippen molar-refractivity contribution < 1.29 is 27.5 Å². The van der Waals surface area contributed by atoms with E-state index in [1.807, 2.05) is 0 Å². The standard InChI is InChI=1S/C14H19NO6S/c1-3-21-14(17)11-6-8-12(9-7-11)22(18,19)15-10-4-5-13(16)20-2/h6-9,15H,3-5,10H2,1-2H3. The molecule has 0 heterocycles. The van der Waals surface area contributed by atoms with Crippen LogP contribution in [0.4, 0.5) is 0 Å².